The van der Waals surface area contributed by atoms with Crippen molar-refractivity contribution in [1.82, 2.24) is 15.1 Å². The number of carbonyl (C=O) groups is 1. The first kappa shape index (κ1) is 22.9. The summed E-state index contributed by atoms with van der Waals surface area (Å²) in [6.45, 7) is 7.68. The highest BCUT2D eigenvalue weighted by Crippen LogP contribution is 2.43. The van der Waals surface area contributed by atoms with Crippen LogP contribution in [-0.4, -0.2) is 27.6 Å². The average Bonchev–Trinajstić information content (AvgIpc) is 3.41. The van der Waals surface area contributed by atoms with Gasteiger partial charge in [-0.25, -0.2) is 0 Å². The van der Waals surface area contributed by atoms with Crippen molar-refractivity contribution < 1.29 is 9.53 Å². The second-order valence-electron chi connectivity index (χ2n) is 9.65. The van der Waals surface area contributed by atoms with Crippen LogP contribution in [0.4, 0.5) is 0 Å². The zero-order valence-corrected chi connectivity index (χ0v) is 20.5. The Balaban J connectivity index is 1.52. The number of rotatable bonds is 8. The van der Waals surface area contributed by atoms with Crippen molar-refractivity contribution in [1.29, 1.82) is 0 Å². The first-order valence-corrected chi connectivity index (χ1v) is 12.2. The fourth-order valence-electron chi connectivity index (χ4n) is 4.57. The van der Waals surface area contributed by atoms with E-state index in [2.05, 4.69) is 67.4 Å². The van der Waals surface area contributed by atoms with Crippen molar-refractivity contribution in [2.45, 2.75) is 39.8 Å². The van der Waals surface area contributed by atoms with Gasteiger partial charge in [0.15, 0.2) is 0 Å². The van der Waals surface area contributed by atoms with E-state index in [9.17, 15) is 4.79 Å². The summed E-state index contributed by atoms with van der Waals surface area (Å²) in [5, 5.41) is 7.61. The molecule has 4 aromatic rings. The summed E-state index contributed by atoms with van der Waals surface area (Å²) in [7, 11) is 0. The minimum Gasteiger partial charge on any atom is -0.494 e. The minimum absolute atomic E-state index is 0.0301. The van der Waals surface area contributed by atoms with Gasteiger partial charge in [-0.3, -0.25) is 9.89 Å². The summed E-state index contributed by atoms with van der Waals surface area (Å²) >= 11 is 0. The molecule has 1 amide bonds. The second-order valence-corrected chi connectivity index (χ2v) is 9.65. The SMILES string of the molecule is Cc1ccc(CN2C(=O)c3[nH]nc(-c4ccccc4)c3C2c2ccc(OCCC(C)C)cc2)cc1. The van der Waals surface area contributed by atoms with Crippen LogP contribution in [0.25, 0.3) is 11.3 Å². The molecule has 0 aliphatic carbocycles. The number of benzene rings is 3. The fourth-order valence-corrected chi connectivity index (χ4v) is 4.57. The lowest BCUT2D eigenvalue weighted by atomic mass is 9.96. The molecule has 0 bridgehead atoms. The zero-order valence-electron chi connectivity index (χ0n) is 20.5. The van der Waals surface area contributed by atoms with E-state index >= 15 is 0 Å². The molecule has 1 atom stereocenters. The molecule has 5 heteroatoms. The number of aromatic nitrogens is 2. The third-order valence-electron chi connectivity index (χ3n) is 6.54. The standard InChI is InChI=1S/C30H31N3O2/c1-20(2)17-18-35-25-15-13-24(14-16-25)29-26-27(23-7-5-4-6-8-23)31-32-28(26)30(34)33(29)19-22-11-9-21(3)10-12-22/h4-16,20,29H,17-19H2,1-3H3,(H,31,32). The molecule has 5 rings (SSSR count). The number of hydrogen-bond donors (Lipinski definition) is 1. The van der Waals surface area contributed by atoms with Gasteiger partial charge in [-0.2, -0.15) is 5.10 Å². The van der Waals surface area contributed by atoms with E-state index in [-0.39, 0.29) is 11.9 Å². The van der Waals surface area contributed by atoms with E-state index in [0.29, 0.717) is 24.8 Å². The maximum Gasteiger partial charge on any atom is 0.273 e. The van der Waals surface area contributed by atoms with Crippen LogP contribution in [0.5, 0.6) is 5.75 Å². The van der Waals surface area contributed by atoms with E-state index in [1.807, 2.05) is 47.4 Å². The molecule has 35 heavy (non-hydrogen) atoms. The molecule has 0 fully saturated rings. The number of amides is 1. The van der Waals surface area contributed by atoms with Crippen molar-refractivity contribution in [3.8, 4) is 17.0 Å². The third kappa shape index (κ3) is 4.72. The van der Waals surface area contributed by atoms with E-state index < -0.39 is 0 Å². The van der Waals surface area contributed by atoms with Gasteiger partial charge >= 0.3 is 0 Å². The highest BCUT2D eigenvalue weighted by molar-refractivity contribution is 6.00. The molecular weight excluding hydrogens is 434 g/mol. The number of H-pyrrole nitrogens is 1. The largest absolute Gasteiger partial charge is 0.494 e. The van der Waals surface area contributed by atoms with Gasteiger partial charge in [-0.15, -0.1) is 0 Å². The van der Waals surface area contributed by atoms with Crippen molar-refractivity contribution >= 4 is 5.91 Å². The van der Waals surface area contributed by atoms with Crippen LogP contribution in [0.2, 0.25) is 0 Å². The molecule has 0 saturated carbocycles. The molecule has 0 radical (unpaired) electrons. The maximum atomic E-state index is 13.6. The number of nitrogens with zero attached hydrogens (tertiary/aromatic N) is 2. The molecule has 1 N–H and O–H groups in total. The Hall–Kier alpha value is -3.86. The monoisotopic (exact) mass is 465 g/mol. The van der Waals surface area contributed by atoms with Crippen LogP contribution in [0.3, 0.4) is 0 Å². The van der Waals surface area contributed by atoms with Gasteiger partial charge in [-0.05, 0) is 42.5 Å². The van der Waals surface area contributed by atoms with Gasteiger partial charge < -0.3 is 9.64 Å². The molecule has 1 unspecified atom stereocenters. The molecule has 1 aliphatic heterocycles. The van der Waals surface area contributed by atoms with Gasteiger partial charge in [-0.1, -0.05) is 86.1 Å². The van der Waals surface area contributed by atoms with E-state index in [1.54, 1.807) is 0 Å². The van der Waals surface area contributed by atoms with E-state index in [4.69, 9.17) is 4.74 Å². The predicted molar refractivity (Wildman–Crippen MR) is 138 cm³/mol. The van der Waals surface area contributed by atoms with Crippen molar-refractivity contribution in [3.05, 3.63) is 107 Å². The lowest BCUT2D eigenvalue weighted by Crippen LogP contribution is -2.29. The minimum atomic E-state index is -0.238. The molecule has 178 valence electrons. The highest BCUT2D eigenvalue weighted by Gasteiger charge is 2.42. The van der Waals surface area contributed by atoms with Crippen LogP contribution in [0, 0.1) is 12.8 Å². The average molecular weight is 466 g/mol. The fraction of sp³-hybridized carbons (Fsp3) is 0.267. The van der Waals surface area contributed by atoms with Gasteiger partial charge in [0.1, 0.15) is 11.4 Å². The predicted octanol–water partition coefficient (Wildman–Crippen LogP) is 6.56. The topological polar surface area (TPSA) is 58.2 Å². The quantitative estimate of drug-likeness (QED) is 0.321. The molecule has 1 aliphatic rings. The molecule has 5 nitrogen and oxygen atoms in total. The van der Waals surface area contributed by atoms with E-state index in [0.717, 1.165) is 40.1 Å². The number of hydrogen-bond acceptors (Lipinski definition) is 3. The Morgan fingerprint density at radius 3 is 2.37 bits per heavy atom. The van der Waals surface area contributed by atoms with Crippen molar-refractivity contribution in [2.75, 3.05) is 6.61 Å². The third-order valence-corrected chi connectivity index (χ3v) is 6.54. The lowest BCUT2D eigenvalue weighted by Gasteiger charge is -2.27. The van der Waals surface area contributed by atoms with Crippen LogP contribution < -0.4 is 4.74 Å². The van der Waals surface area contributed by atoms with Crippen LogP contribution in [0.1, 0.15) is 59.1 Å². The van der Waals surface area contributed by atoms with Crippen molar-refractivity contribution in [3.63, 3.8) is 0 Å². The smallest absolute Gasteiger partial charge is 0.273 e. The number of nitrogens with one attached hydrogen (secondary N) is 1. The van der Waals surface area contributed by atoms with Gasteiger partial charge in [0, 0.05) is 17.7 Å². The number of aromatic amines is 1. The van der Waals surface area contributed by atoms with Crippen molar-refractivity contribution in [2.24, 2.45) is 5.92 Å². The molecular formula is C30H31N3O2. The van der Waals surface area contributed by atoms with Gasteiger partial charge in [0.05, 0.1) is 18.3 Å². The van der Waals surface area contributed by atoms with Crippen LogP contribution in [0.15, 0.2) is 78.9 Å². The van der Waals surface area contributed by atoms with Gasteiger partial charge in [0.2, 0.25) is 0 Å². The Bertz CT molecular complexity index is 1290. The second kappa shape index (κ2) is 9.79. The maximum absolute atomic E-state index is 13.6. The Labute approximate surface area is 206 Å². The number of ether oxygens (including phenoxy) is 1. The molecule has 1 aromatic heterocycles. The number of carbonyl (C=O) groups excluding carboxylic acids is 1. The first-order chi connectivity index (χ1) is 17.0. The summed E-state index contributed by atoms with van der Waals surface area (Å²) in [6.07, 6.45) is 1.02. The van der Waals surface area contributed by atoms with Gasteiger partial charge in [0.25, 0.3) is 5.91 Å². The molecule has 0 saturated heterocycles. The van der Waals surface area contributed by atoms with E-state index in [1.165, 1.54) is 5.56 Å². The van der Waals surface area contributed by atoms with Crippen LogP contribution in [-0.2, 0) is 6.54 Å². The number of aryl methyl sites for hydroxylation is 1. The zero-order chi connectivity index (χ0) is 24.4. The summed E-state index contributed by atoms with van der Waals surface area (Å²) in [5.74, 6) is 1.42. The Kier molecular flexibility index (Phi) is 6.41. The molecule has 0 spiro atoms. The molecule has 3 aromatic carbocycles. The lowest BCUT2D eigenvalue weighted by molar-refractivity contribution is 0.0730. The Morgan fingerprint density at radius 2 is 1.69 bits per heavy atom. The normalized spacial score (nSPS) is 15.0. The summed E-state index contributed by atoms with van der Waals surface area (Å²) in [4.78, 5) is 15.5. The summed E-state index contributed by atoms with van der Waals surface area (Å²) in [5.41, 5.74) is 6.66. The summed E-state index contributed by atoms with van der Waals surface area (Å²) in [6, 6.07) is 26.3. The summed E-state index contributed by atoms with van der Waals surface area (Å²) < 4.78 is 5.94. The molecule has 2 heterocycles. The first-order valence-electron chi connectivity index (χ1n) is 12.2. The highest BCUT2D eigenvalue weighted by atomic mass is 16.5. The Morgan fingerprint density at radius 1 is 0.971 bits per heavy atom. The van der Waals surface area contributed by atoms with Crippen LogP contribution >= 0.6 is 0 Å². The number of fused-ring (bicyclic) bond motifs is 1.